The van der Waals surface area contributed by atoms with E-state index in [4.69, 9.17) is 17.3 Å². The zero-order valence-corrected chi connectivity index (χ0v) is 9.55. The maximum absolute atomic E-state index is 13.4. The molecule has 3 N–H and O–H groups in total. The molecule has 15 heavy (non-hydrogen) atoms. The van der Waals surface area contributed by atoms with Gasteiger partial charge in [-0.25, -0.2) is 4.39 Å². The average molecular weight is 232 g/mol. The van der Waals surface area contributed by atoms with Gasteiger partial charge in [0.2, 0.25) is 0 Å². The number of hydrogen-bond donors (Lipinski definition) is 2. The van der Waals surface area contributed by atoms with Crippen LogP contribution in [0.4, 0.5) is 4.39 Å². The highest BCUT2D eigenvalue weighted by Gasteiger charge is 2.29. The summed E-state index contributed by atoms with van der Waals surface area (Å²) in [5, 5.41) is 10.4. The first kappa shape index (κ1) is 12.4. The van der Waals surface area contributed by atoms with Crippen molar-refractivity contribution in [2.24, 2.45) is 11.1 Å². The molecule has 0 heterocycles. The summed E-state index contributed by atoms with van der Waals surface area (Å²) >= 11 is 5.75. The van der Waals surface area contributed by atoms with Crippen LogP contribution in [0.25, 0.3) is 0 Å². The number of halogens is 2. The predicted octanol–water partition coefficient (Wildman–Crippen LogP) is 2.50. The largest absolute Gasteiger partial charge is 0.388 e. The molecule has 1 aromatic rings. The molecule has 2 nitrogen and oxygen atoms in total. The third kappa shape index (κ3) is 2.68. The van der Waals surface area contributed by atoms with Crippen LogP contribution in [-0.2, 0) is 0 Å². The number of aliphatic hydroxyl groups excluding tert-OH is 1. The molecule has 1 aromatic carbocycles. The Morgan fingerprint density at radius 2 is 2.13 bits per heavy atom. The van der Waals surface area contributed by atoms with Gasteiger partial charge in [0.1, 0.15) is 5.82 Å². The molecule has 0 radical (unpaired) electrons. The van der Waals surface area contributed by atoms with E-state index in [1.165, 1.54) is 18.2 Å². The molecule has 1 rings (SSSR count). The molecular weight excluding hydrogens is 217 g/mol. The summed E-state index contributed by atoms with van der Waals surface area (Å²) in [6.07, 6.45) is -0.957. The van der Waals surface area contributed by atoms with Crippen LogP contribution in [0, 0.1) is 11.2 Å². The third-order valence-corrected chi connectivity index (χ3v) is 2.75. The molecule has 1 unspecified atom stereocenters. The molecule has 84 valence electrons. The third-order valence-electron chi connectivity index (χ3n) is 2.52. The Labute approximate surface area is 93.9 Å². The summed E-state index contributed by atoms with van der Waals surface area (Å²) in [4.78, 5) is 0. The van der Waals surface area contributed by atoms with Crippen LogP contribution in [-0.4, -0.2) is 11.7 Å². The molecule has 0 fully saturated rings. The van der Waals surface area contributed by atoms with Gasteiger partial charge in [-0.3, -0.25) is 0 Å². The number of nitrogens with two attached hydrogens (primary N) is 1. The predicted molar refractivity (Wildman–Crippen MR) is 59.2 cm³/mol. The molecule has 1 atom stereocenters. The molecule has 0 saturated heterocycles. The van der Waals surface area contributed by atoms with E-state index in [9.17, 15) is 9.50 Å². The summed E-state index contributed by atoms with van der Waals surface area (Å²) in [6.45, 7) is 3.82. The summed E-state index contributed by atoms with van der Waals surface area (Å²) in [7, 11) is 0. The number of benzene rings is 1. The minimum atomic E-state index is -0.957. The van der Waals surface area contributed by atoms with Gasteiger partial charge in [-0.15, -0.1) is 0 Å². The Morgan fingerprint density at radius 1 is 1.53 bits per heavy atom. The van der Waals surface area contributed by atoms with E-state index in [1.807, 2.05) is 0 Å². The van der Waals surface area contributed by atoms with Gasteiger partial charge in [-0.05, 0) is 18.2 Å². The number of rotatable bonds is 3. The SMILES string of the molecule is CC(C)(CN)C(O)c1cc(Cl)ccc1F. The van der Waals surface area contributed by atoms with Gasteiger partial charge in [-0.1, -0.05) is 25.4 Å². The molecule has 0 bridgehead atoms. The first-order valence-corrected chi connectivity index (χ1v) is 5.09. The molecule has 0 aliphatic heterocycles. The van der Waals surface area contributed by atoms with Crippen LogP contribution in [0.1, 0.15) is 25.5 Å². The van der Waals surface area contributed by atoms with Crippen LogP contribution in [0.3, 0.4) is 0 Å². The van der Waals surface area contributed by atoms with Crippen molar-refractivity contribution in [3.05, 3.63) is 34.6 Å². The highest BCUT2D eigenvalue weighted by Crippen LogP contribution is 2.34. The van der Waals surface area contributed by atoms with Crippen molar-refractivity contribution < 1.29 is 9.50 Å². The normalized spacial score (nSPS) is 14.0. The molecule has 4 heteroatoms. The van der Waals surface area contributed by atoms with E-state index in [-0.39, 0.29) is 12.1 Å². The van der Waals surface area contributed by atoms with Crippen molar-refractivity contribution in [2.45, 2.75) is 20.0 Å². The zero-order valence-electron chi connectivity index (χ0n) is 8.80. The van der Waals surface area contributed by atoms with E-state index in [2.05, 4.69) is 0 Å². The van der Waals surface area contributed by atoms with E-state index < -0.39 is 17.3 Å². The lowest BCUT2D eigenvalue weighted by molar-refractivity contribution is 0.0524. The lowest BCUT2D eigenvalue weighted by Crippen LogP contribution is -2.31. The van der Waals surface area contributed by atoms with Crippen LogP contribution >= 0.6 is 11.6 Å². The second-order valence-electron chi connectivity index (χ2n) is 4.26. The zero-order chi connectivity index (χ0) is 11.6. The monoisotopic (exact) mass is 231 g/mol. The van der Waals surface area contributed by atoms with Crippen molar-refractivity contribution >= 4 is 11.6 Å². The smallest absolute Gasteiger partial charge is 0.129 e. The molecule has 0 aliphatic rings. The van der Waals surface area contributed by atoms with E-state index in [0.717, 1.165) is 0 Å². The molecule has 0 spiro atoms. The number of hydrogen-bond acceptors (Lipinski definition) is 2. The number of aliphatic hydroxyl groups is 1. The summed E-state index contributed by atoms with van der Waals surface area (Å²) in [6, 6.07) is 4.12. The Kier molecular flexibility index (Phi) is 3.71. The minimum Gasteiger partial charge on any atom is -0.388 e. The van der Waals surface area contributed by atoms with E-state index in [0.29, 0.717) is 5.02 Å². The van der Waals surface area contributed by atoms with Crippen LogP contribution in [0.15, 0.2) is 18.2 Å². The van der Waals surface area contributed by atoms with E-state index >= 15 is 0 Å². The Hall–Kier alpha value is -0.640. The lowest BCUT2D eigenvalue weighted by Gasteiger charge is -2.29. The molecule has 0 amide bonds. The van der Waals surface area contributed by atoms with Gasteiger partial charge in [0, 0.05) is 22.5 Å². The lowest BCUT2D eigenvalue weighted by atomic mass is 9.82. The van der Waals surface area contributed by atoms with Gasteiger partial charge in [0.05, 0.1) is 6.10 Å². The highest BCUT2D eigenvalue weighted by atomic mass is 35.5. The van der Waals surface area contributed by atoms with Crippen molar-refractivity contribution in [1.29, 1.82) is 0 Å². The van der Waals surface area contributed by atoms with Gasteiger partial charge in [0.15, 0.2) is 0 Å². The fraction of sp³-hybridized carbons (Fsp3) is 0.455. The van der Waals surface area contributed by atoms with Gasteiger partial charge in [-0.2, -0.15) is 0 Å². The average Bonchev–Trinajstić information content (AvgIpc) is 2.20. The molecule has 0 saturated carbocycles. The quantitative estimate of drug-likeness (QED) is 0.840. The molecule has 0 aromatic heterocycles. The molecular formula is C11H15ClFNO. The van der Waals surface area contributed by atoms with Gasteiger partial charge in [0.25, 0.3) is 0 Å². The second kappa shape index (κ2) is 4.47. The van der Waals surface area contributed by atoms with Crippen molar-refractivity contribution in [3.63, 3.8) is 0 Å². The van der Waals surface area contributed by atoms with Gasteiger partial charge < -0.3 is 10.8 Å². The first-order chi connectivity index (χ1) is 6.88. The topological polar surface area (TPSA) is 46.2 Å². The fourth-order valence-electron chi connectivity index (χ4n) is 1.26. The van der Waals surface area contributed by atoms with Gasteiger partial charge >= 0.3 is 0 Å². The highest BCUT2D eigenvalue weighted by molar-refractivity contribution is 6.30. The molecule has 0 aliphatic carbocycles. The minimum absolute atomic E-state index is 0.193. The maximum atomic E-state index is 13.4. The second-order valence-corrected chi connectivity index (χ2v) is 4.70. The summed E-state index contributed by atoms with van der Waals surface area (Å²) < 4.78 is 13.4. The van der Waals surface area contributed by atoms with Crippen molar-refractivity contribution in [1.82, 2.24) is 0 Å². The Bertz CT molecular complexity index is 354. The fourth-order valence-corrected chi connectivity index (χ4v) is 1.44. The maximum Gasteiger partial charge on any atom is 0.129 e. The van der Waals surface area contributed by atoms with Crippen LogP contribution in [0.5, 0.6) is 0 Å². The van der Waals surface area contributed by atoms with Crippen LogP contribution < -0.4 is 5.73 Å². The Balaban J connectivity index is 3.10. The standard InChI is InChI=1S/C11H15ClFNO/c1-11(2,6-14)10(15)8-5-7(12)3-4-9(8)13/h3-5,10,15H,6,14H2,1-2H3. The van der Waals surface area contributed by atoms with Crippen molar-refractivity contribution in [2.75, 3.05) is 6.54 Å². The summed E-state index contributed by atoms with van der Waals surface area (Å²) in [5.74, 6) is -0.464. The van der Waals surface area contributed by atoms with E-state index in [1.54, 1.807) is 13.8 Å². The first-order valence-electron chi connectivity index (χ1n) is 4.71. The van der Waals surface area contributed by atoms with Crippen LogP contribution in [0.2, 0.25) is 5.02 Å². The van der Waals surface area contributed by atoms with Crippen molar-refractivity contribution in [3.8, 4) is 0 Å². The summed E-state index contributed by atoms with van der Waals surface area (Å²) in [5.41, 5.74) is 5.13. The Morgan fingerprint density at radius 3 is 2.67 bits per heavy atom.